The maximum atomic E-state index is 12.7. The second-order valence-corrected chi connectivity index (χ2v) is 6.35. The Morgan fingerprint density at radius 3 is 2.57 bits per heavy atom. The Hall–Kier alpha value is -3.36. The number of fused-ring (bicyclic) bond motifs is 1. The number of pyridine rings is 1. The van der Waals surface area contributed by atoms with Gasteiger partial charge in [-0.2, -0.15) is 13.2 Å². The zero-order valence-electron chi connectivity index (χ0n) is 14.6. The van der Waals surface area contributed by atoms with E-state index in [1.54, 1.807) is 21.8 Å². The van der Waals surface area contributed by atoms with Gasteiger partial charge in [-0.1, -0.05) is 6.58 Å². The fourth-order valence-electron chi connectivity index (χ4n) is 3.04. The predicted molar refractivity (Wildman–Crippen MR) is 94.9 cm³/mol. The standard InChI is InChI=1S/C19H15F3N4O2/c1-2-16(27)25-10-13(11-25)26-15-4-3-9-23-17(15)18(24-26)28-14-7-5-12(6-8-14)19(20,21)22/h2-9,13H,1,10-11H2. The zero-order chi connectivity index (χ0) is 19.9. The van der Waals surface area contributed by atoms with Crippen LogP contribution >= 0.6 is 0 Å². The van der Waals surface area contributed by atoms with Gasteiger partial charge in [-0.05, 0) is 42.5 Å². The maximum absolute atomic E-state index is 12.7. The van der Waals surface area contributed by atoms with E-state index >= 15 is 0 Å². The van der Waals surface area contributed by atoms with Gasteiger partial charge in [-0.3, -0.25) is 9.48 Å². The van der Waals surface area contributed by atoms with Gasteiger partial charge < -0.3 is 9.64 Å². The minimum absolute atomic E-state index is 0.0412. The number of amides is 1. The number of benzene rings is 1. The molecule has 0 unspecified atom stereocenters. The highest BCUT2D eigenvalue weighted by Crippen LogP contribution is 2.34. The smallest absolute Gasteiger partial charge is 0.416 e. The molecule has 1 amide bonds. The normalized spacial score (nSPS) is 14.8. The molecule has 6 nitrogen and oxygen atoms in total. The van der Waals surface area contributed by atoms with Crippen molar-refractivity contribution in [3.05, 3.63) is 60.8 Å². The molecule has 3 heterocycles. The average Bonchev–Trinajstić information content (AvgIpc) is 2.98. The largest absolute Gasteiger partial charge is 0.436 e. The van der Waals surface area contributed by atoms with E-state index in [9.17, 15) is 18.0 Å². The Labute approximate surface area is 157 Å². The summed E-state index contributed by atoms with van der Waals surface area (Å²) in [6.07, 6.45) is -1.56. The van der Waals surface area contributed by atoms with Gasteiger partial charge in [0.25, 0.3) is 5.88 Å². The lowest BCUT2D eigenvalue weighted by atomic mass is 10.1. The molecule has 28 heavy (non-hydrogen) atoms. The van der Waals surface area contributed by atoms with E-state index < -0.39 is 11.7 Å². The third kappa shape index (κ3) is 3.19. The number of carbonyl (C=O) groups excluding carboxylic acids is 1. The van der Waals surface area contributed by atoms with Gasteiger partial charge in [0, 0.05) is 19.3 Å². The molecular formula is C19H15F3N4O2. The number of alkyl halides is 3. The van der Waals surface area contributed by atoms with E-state index in [1.165, 1.54) is 18.2 Å². The van der Waals surface area contributed by atoms with Crippen LogP contribution in [0.5, 0.6) is 11.6 Å². The van der Waals surface area contributed by atoms with Crippen LogP contribution in [0.15, 0.2) is 55.3 Å². The van der Waals surface area contributed by atoms with Crippen LogP contribution < -0.4 is 4.74 Å². The lowest BCUT2D eigenvalue weighted by molar-refractivity contribution is -0.137. The number of rotatable bonds is 4. The Morgan fingerprint density at radius 2 is 1.93 bits per heavy atom. The lowest BCUT2D eigenvalue weighted by Gasteiger charge is -2.38. The second kappa shape index (κ2) is 6.66. The first-order valence-corrected chi connectivity index (χ1v) is 8.46. The molecule has 1 aliphatic heterocycles. The summed E-state index contributed by atoms with van der Waals surface area (Å²) in [6, 6.07) is 7.93. The van der Waals surface area contributed by atoms with Gasteiger partial charge >= 0.3 is 6.18 Å². The first kappa shape index (κ1) is 18.0. The van der Waals surface area contributed by atoms with Crippen molar-refractivity contribution in [2.24, 2.45) is 0 Å². The average molecular weight is 388 g/mol. The van der Waals surface area contributed by atoms with E-state index in [0.717, 1.165) is 17.6 Å². The van der Waals surface area contributed by atoms with Crippen LogP contribution in [0.1, 0.15) is 11.6 Å². The number of aromatic nitrogens is 3. The molecule has 0 N–H and O–H groups in total. The monoisotopic (exact) mass is 388 g/mol. The third-order valence-corrected chi connectivity index (χ3v) is 4.52. The topological polar surface area (TPSA) is 60.2 Å². The highest BCUT2D eigenvalue weighted by molar-refractivity contribution is 5.88. The molecule has 0 radical (unpaired) electrons. The van der Waals surface area contributed by atoms with Crippen molar-refractivity contribution in [1.82, 2.24) is 19.7 Å². The van der Waals surface area contributed by atoms with Crippen LogP contribution in [-0.4, -0.2) is 38.7 Å². The highest BCUT2D eigenvalue weighted by atomic mass is 19.4. The second-order valence-electron chi connectivity index (χ2n) is 6.35. The SMILES string of the molecule is C=CC(=O)N1CC(n2nc(Oc3ccc(C(F)(F)F)cc3)c3ncccc32)C1. The molecule has 0 spiro atoms. The highest BCUT2D eigenvalue weighted by Gasteiger charge is 2.33. The summed E-state index contributed by atoms with van der Waals surface area (Å²) in [5.41, 5.74) is 0.464. The molecule has 4 rings (SSSR count). The van der Waals surface area contributed by atoms with E-state index in [-0.39, 0.29) is 23.6 Å². The fourth-order valence-corrected chi connectivity index (χ4v) is 3.04. The van der Waals surface area contributed by atoms with Crippen LogP contribution in [-0.2, 0) is 11.0 Å². The first-order chi connectivity index (χ1) is 13.4. The predicted octanol–water partition coefficient (Wildman–Crippen LogP) is 3.81. The Balaban J connectivity index is 1.60. The van der Waals surface area contributed by atoms with Crippen molar-refractivity contribution in [2.75, 3.05) is 13.1 Å². The van der Waals surface area contributed by atoms with Crippen molar-refractivity contribution >= 4 is 16.9 Å². The molecule has 9 heteroatoms. The van der Waals surface area contributed by atoms with Gasteiger partial charge in [-0.15, -0.1) is 5.10 Å². The van der Waals surface area contributed by atoms with Crippen molar-refractivity contribution in [3.8, 4) is 11.6 Å². The number of hydrogen-bond donors (Lipinski definition) is 0. The minimum Gasteiger partial charge on any atom is -0.436 e. The molecule has 3 aromatic rings. The molecule has 0 bridgehead atoms. The third-order valence-electron chi connectivity index (χ3n) is 4.52. The van der Waals surface area contributed by atoms with Crippen molar-refractivity contribution in [3.63, 3.8) is 0 Å². The Kier molecular flexibility index (Phi) is 4.29. The molecule has 1 aliphatic rings. The van der Waals surface area contributed by atoms with Gasteiger partial charge in [0.2, 0.25) is 5.91 Å². The molecule has 1 fully saturated rings. The van der Waals surface area contributed by atoms with Gasteiger partial charge in [0.15, 0.2) is 5.52 Å². The summed E-state index contributed by atoms with van der Waals surface area (Å²) < 4.78 is 45.5. The van der Waals surface area contributed by atoms with E-state index in [0.29, 0.717) is 18.6 Å². The summed E-state index contributed by atoms with van der Waals surface area (Å²) in [5.74, 6) is 0.276. The van der Waals surface area contributed by atoms with Crippen molar-refractivity contribution in [2.45, 2.75) is 12.2 Å². The Morgan fingerprint density at radius 1 is 1.21 bits per heavy atom. The minimum atomic E-state index is -4.41. The molecular weight excluding hydrogens is 373 g/mol. The summed E-state index contributed by atoms with van der Waals surface area (Å²) in [5, 5.41) is 4.44. The molecule has 0 aliphatic carbocycles. The number of ether oxygens (including phenoxy) is 1. The van der Waals surface area contributed by atoms with E-state index in [1.807, 2.05) is 6.07 Å². The van der Waals surface area contributed by atoms with Gasteiger partial charge in [0.1, 0.15) is 5.75 Å². The summed E-state index contributed by atoms with van der Waals surface area (Å²) in [6.45, 7) is 4.43. The summed E-state index contributed by atoms with van der Waals surface area (Å²) in [7, 11) is 0. The zero-order valence-corrected chi connectivity index (χ0v) is 14.6. The summed E-state index contributed by atoms with van der Waals surface area (Å²) >= 11 is 0. The quantitative estimate of drug-likeness (QED) is 0.638. The van der Waals surface area contributed by atoms with Crippen molar-refractivity contribution < 1.29 is 22.7 Å². The number of hydrogen-bond acceptors (Lipinski definition) is 4. The van der Waals surface area contributed by atoms with Crippen LogP contribution in [0.4, 0.5) is 13.2 Å². The lowest BCUT2D eigenvalue weighted by Crippen LogP contribution is -2.50. The fraction of sp³-hybridized carbons (Fsp3) is 0.211. The number of nitrogens with zero attached hydrogens (tertiary/aromatic N) is 4. The maximum Gasteiger partial charge on any atom is 0.416 e. The van der Waals surface area contributed by atoms with Crippen LogP contribution in [0.2, 0.25) is 0 Å². The molecule has 2 aromatic heterocycles. The van der Waals surface area contributed by atoms with Crippen LogP contribution in [0.25, 0.3) is 11.0 Å². The van der Waals surface area contributed by atoms with E-state index in [4.69, 9.17) is 4.74 Å². The molecule has 1 saturated heterocycles. The summed E-state index contributed by atoms with van der Waals surface area (Å²) in [4.78, 5) is 17.6. The molecule has 1 aromatic carbocycles. The number of carbonyl (C=O) groups is 1. The van der Waals surface area contributed by atoms with Crippen LogP contribution in [0, 0.1) is 0 Å². The van der Waals surface area contributed by atoms with Crippen molar-refractivity contribution in [1.29, 1.82) is 0 Å². The van der Waals surface area contributed by atoms with Crippen LogP contribution in [0.3, 0.4) is 0 Å². The first-order valence-electron chi connectivity index (χ1n) is 8.46. The molecule has 0 atom stereocenters. The molecule has 0 saturated carbocycles. The van der Waals surface area contributed by atoms with Gasteiger partial charge in [0.05, 0.1) is 17.1 Å². The number of halogens is 3. The Bertz CT molecular complexity index is 1040. The molecule has 144 valence electrons. The number of likely N-dealkylation sites (tertiary alicyclic amines) is 1. The van der Waals surface area contributed by atoms with Gasteiger partial charge in [-0.25, -0.2) is 4.98 Å². The van der Waals surface area contributed by atoms with E-state index in [2.05, 4.69) is 16.7 Å².